The number of methoxy groups -OCH3 is 2. The summed E-state index contributed by atoms with van der Waals surface area (Å²) in [4.78, 5) is 11.5. The summed E-state index contributed by atoms with van der Waals surface area (Å²) < 4.78 is 15.9. The van der Waals surface area contributed by atoms with Crippen LogP contribution in [0, 0.1) is 0 Å². The van der Waals surface area contributed by atoms with Crippen LogP contribution in [-0.2, 0) is 4.74 Å². The number of hydrogen-bond donors (Lipinski definition) is 0. The lowest BCUT2D eigenvalue weighted by atomic mass is 10.1. The molecule has 0 radical (unpaired) electrons. The molecule has 0 saturated carbocycles. The van der Waals surface area contributed by atoms with Crippen LogP contribution in [-0.4, -0.2) is 20.2 Å². The van der Waals surface area contributed by atoms with Crippen LogP contribution in [0.25, 0.3) is 0 Å². The molecule has 2 aromatic carbocycles. The van der Waals surface area contributed by atoms with E-state index in [1.54, 1.807) is 18.2 Å². The monoisotopic (exact) mass is 286 g/mol. The van der Waals surface area contributed by atoms with Gasteiger partial charge in [-0.1, -0.05) is 30.3 Å². The van der Waals surface area contributed by atoms with E-state index in [9.17, 15) is 4.79 Å². The molecule has 0 N–H and O–H groups in total. The van der Waals surface area contributed by atoms with Crippen molar-refractivity contribution < 1.29 is 19.0 Å². The zero-order valence-electron chi connectivity index (χ0n) is 12.3. The van der Waals surface area contributed by atoms with E-state index in [0.29, 0.717) is 17.1 Å². The predicted molar refractivity (Wildman–Crippen MR) is 79.8 cm³/mol. The van der Waals surface area contributed by atoms with Crippen LogP contribution >= 0.6 is 0 Å². The lowest BCUT2D eigenvalue weighted by Crippen LogP contribution is -2.06. The van der Waals surface area contributed by atoms with E-state index in [2.05, 4.69) is 0 Å². The minimum absolute atomic E-state index is 0.121. The summed E-state index contributed by atoms with van der Waals surface area (Å²) in [6.45, 7) is 1.96. The fourth-order valence-corrected chi connectivity index (χ4v) is 1.99. The molecule has 0 amide bonds. The van der Waals surface area contributed by atoms with Crippen molar-refractivity contribution in [1.29, 1.82) is 0 Å². The van der Waals surface area contributed by atoms with Crippen LogP contribution in [0.2, 0.25) is 0 Å². The van der Waals surface area contributed by atoms with Crippen molar-refractivity contribution in [1.82, 2.24) is 0 Å². The van der Waals surface area contributed by atoms with Crippen LogP contribution in [0.15, 0.2) is 48.5 Å². The second-order valence-corrected chi connectivity index (χ2v) is 4.53. The van der Waals surface area contributed by atoms with Crippen LogP contribution in [0.4, 0.5) is 0 Å². The highest BCUT2D eigenvalue weighted by Crippen LogP contribution is 2.32. The van der Waals surface area contributed by atoms with Crippen molar-refractivity contribution in [2.75, 3.05) is 14.2 Å². The van der Waals surface area contributed by atoms with Gasteiger partial charge < -0.3 is 14.2 Å². The van der Waals surface area contributed by atoms with Gasteiger partial charge in [0.05, 0.1) is 19.8 Å². The summed E-state index contributed by atoms with van der Waals surface area (Å²) in [6, 6.07) is 14.9. The molecule has 0 bridgehead atoms. The molecule has 21 heavy (non-hydrogen) atoms. The average molecular weight is 286 g/mol. The van der Waals surface area contributed by atoms with Gasteiger partial charge in [-0.2, -0.15) is 0 Å². The number of rotatable bonds is 5. The Labute approximate surface area is 124 Å². The van der Waals surface area contributed by atoms with Crippen LogP contribution in [0.1, 0.15) is 28.9 Å². The molecule has 110 valence electrons. The first-order chi connectivity index (χ1) is 10.2. The molecule has 0 fully saturated rings. The zero-order chi connectivity index (χ0) is 15.2. The Morgan fingerprint density at radius 1 is 1.00 bits per heavy atom. The molecule has 0 aliphatic carbocycles. The first kappa shape index (κ1) is 14.9. The minimum Gasteiger partial charge on any atom is -0.493 e. The van der Waals surface area contributed by atoms with Gasteiger partial charge >= 0.3 is 5.97 Å². The molecule has 0 saturated heterocycles. The molecule has 2 aromatic rings. The highest BCUT2D eigenvalue weighted by Gasteiger charge is 2.14. The molecule has 0 aliphatic heterocycles. The third-order valence-corrected chi connectivity index (χ3v) is 3.16. The highest BCUT2D eigenvalue weighted by molar-refractivity contribution is 5.90. The van der Waals surface area contributed by atoms with Gasteiger partial charge in [0.15, 0.2) is 11.5 Å². The zero-order valence-corrected chi connectivity index (χ0v) is 12.3. The first-order valence-corrected chi connectivity index (χ1v) is 6.63. The van der Waals surface area contributed by atoms with Crippen molar-refractivity contribution in [2.24, 2.45) is 0 Å². The molecular weight excluding hydrogens is 268 g/mol. The number of carbonyl (C=O) groups excluding carboxylic acids is 1. The third kappa shape index (κ3) is 3.54. The van der Waals surface area contributed by atoms with Gasteiger partial charge in [0, 0.05) is 0 Å². The van der Waals surface area contributed by atoms with E-state index in [1.807, 2.05) is 37.3 Å². The van der Waals surface area contributed by atoms with Gasteiger partial charge in [-0.25, -0.2) is 4.79 Å². The van der Waals surface area contributed by atoms with Gasteiger partial charge in [-0.3, -0.25) is 0 Å². The van der Waals surface area contributed by atoms with Crippen molar-refractivity contribution in [2.45, 2.75) is 13.0 Å². The van der Waals surface area contributed by atoms with E-state index >= 15 is 0 Å². The van der Waals surface area contributed by atoms with E-state index < -0.39 is 5.97 Å². The van der Waals surface area contributed by atoms with Gasteiger partial charge in [0.1, 0.15) is 6.10 Å². The maximum atomic E-state index is 11.5. The number of esters is 1. The largest absolute Gasteiger partial charge is 0.493 e. The van der Waals surface area contributed by atoms with E-state index in [1.165, 1.54) is 14.2 Å². The molecule has 0 aliphatic rings. The van der Waals surface area contributed by atoms with Crippen LogP contribution in [0.3, 0.4) is 0 Å². The molecule has 4 heteroatoms. The highest BCUT2D eigenvalue weighted by atomic mass is 16.5. The maximum Gasteiger partial charge on any atom is 0.337 e. The maximum absolute atomic E-state index is 11.5. The third-order valence-electron chi connectivity index (χ3n) is 3.16. The Morgan fingerprint density at radius 2 is 1.71 bits per heavy atom. The summed E-state index contributed by atoms with van der Waals surface area (Å²) in [7, 11) is 2.88. The Morgan fingerprint density at radius 3 is 2.33 bits per heavy atom. The normalized spacial score (nSPS) is 11.6. The SMILES string of the molecule is COC(=O)c1ccc(O[C@@H](C)c2ccccc2)c(OC)c1. The number of benzene rings is 2. The topological polar surface area (TPSA) is 44.8 Å². The first-order valence-electron chi connectivity index (χ1n) is 6.63. The molecule has 1 atom stereocenters. The average Bonchev–Trinajstić information content (AvgIpc) is 2.55. The fourth-order valence-electron chi connectivity index (χ4n) is 1.99. The van der Waals surface area contributed by atoms with E-state index in [0.717, 1.165) is 5.56 Å². The predicted octanol–water partition coefficient (Wildman–Crippen LogP) is 3.62. The van der Waals surface area contributed by atoms with Crippen molar-refractivity contribution in [3.05, 3.63) is 59.7 Å². The lowest BCUT2D eigenvalue weighted by Gasteiger charge is -2.17. The molecule has 0 unspecified atom stereocenters. The van der Waals surface area contributed by atoms with E-state index in [4.69, 9.17) is 14.2 Å². The number of hydrogen-bond acceptors (Lipinski definition) is 4. The van der Waals surface area contributed by atoms with Crippen LogP contribution in [0.5, 0.6) is 11.5 Å². The summed E-state index contributed by atoms with van der Waals surface area (Å²) in [5.41, 5.74) is 1.49. The van der Waals surface area contributed by atoms with Crippen molar-refractivity contribution >= 4 is 5.97 Å². The summed E-state index contributed by atoms with van der Waals surface area (Å²) >= 11 is 0. The summed E-state index contributed by atoms with van der Waals surface area (Å²) in [5, 5.41) is 0. The Bertz CT molecular complexity index is 607. The van der Waals surface area contributed by atoms with Gasteiger partial charge in [-0.15, -0.1) is 0 Å². The second kappa shape index (κ2) is 6.79. The second-order valence-electron chi connectivity index (χ2n) is 4.53. The number of carbonyl (C=O) groups is 1. The molecule has 0 heterocycles. The smallest absolute Gasteiger partial charge is 0.337 e. The quantitative estimate of drug-likeness (QED) is 0.787. The van der Waals surface area contributed by atoms with E-state index in [-0.39, 0.29) is 6.10 Å². The summed E-state index contributed by atoms with van der Waals surface area (Å²) in [5.74, 6) is 0.679. The molecule has 2 rings (SSSR count). The molecule has 0 aromatic heterocycles. The number of ether oxygens (including phenoxy) is 3. The lowest BCUT2D eigenvalue weighted by molar-refractivity contribution is 0.0600. The summed E-state index contributed by atoms with van der Waals surface area (Å²) in [6.07, 6.45) is -0.121. The van der Waals surface area contributed by atoms with Gasteiger partial charge in [0.2, 0.25) is 0 Å². The minimum atomic E-state index is -0.407. The molecule has 4 nitrogen and oxygen atoms in total. The van der Waals surface area contributed by atoms with Crippen molar-refractivity contribution in [3.63, 3.8) is 0 Å². The Kier molecular flexibility index (Phi) is 4.82. The van der Waals surface area contributed by atoms with Crippen molar-refractivity contribution in [3.8, 4) is 11.5 Å². The standard InChI is InChI=1S/C17H18O4/c1-12(13-7-5-4-6-8-13)21-15-10-9-14(17(18)20-3)11-16(15)19-2/h4-12H,1-3H3/t12-/m0/s1. The van der Waals surface area contributed by atoms with Crippen LogP contribution < -0.4 is 9.47 Å². The molecule has 0 spiro atoms. The Hall–Kier alpha value is -2.49. The molecular formula is C17H18O4. The Balaban J connectivity index is 2.22. The van der Waals surface area contributed by atoms with Gasteiger partial charge in [0.25, 0.3) is 0 Å². The fraction of sp³-hybridized carbons (Fsp3) is 0.235. The van der Waals surface area contributed by atoms with Gasteiger partial charge in [-0.05, 0) is 30.7 Å².